The second-order valence-corrected chi connectivity index (χ2v) is 21.4. The van der Waals surface area contributed by atoms with Gasteiger partial charge in [0.05, 0.1) is 0 Å². The van der Waals surface area contributed by atoms with Gasteiger partial charge in [0.2, 0.25) is 0 Å². The van der Waals surface area contributed by atoms with Gasteiger partial charge in [0.1, 0.15) is 0 Å². The van der Waals surface area contributed by atoms with Crippen LogP contribution in [0.3, 0.4) is 0 Å². The summed E-state index contributed by atoms with van der Waals surface area (Å²) < 4.78 is 2.81. The summed E-state index contributed by atoms with van der Waals surface area (Å²) >= 11 is 9.49. The molecular weight excluding hydrogens is 614 g/mol. The van der Waals surface area contributed by atoms with Crippen molar-refractivity contribution in [3.05, 3.63) is 144 Å². The predicted molar refractivity (Wildman–Crippen MR) is 160 cm³/mol. The second kappa shape index (κ2) is 11.2. The third-order valence-electron chi connectivity index (χ3n) is 5.95. The van der Waals surface area contributed by atoms with E-state index < -0.39 is 11.3 Å². The molecule has 0 saturated carbocycles. The summed E-state index contributed by atoms with van der Waals surface area (Å²) in [5.74, 6) is 0. The first kappa shape index (κ1) is 25.1. The molecule has 174 valence electrons. The zero-order chi connectivity index (χ0) is 24.1. The van der Waals surface area contributed by atoms with Crippen LogP contribution in [0.25, 0.3) is 0 Å². The monoisotopic (exact) mass is 641 g/mol. The van der Waals surface area contributed by atoms with Crippen molar-refractivity contribution in [1.82, 2.24) is 4.44 Å². The summed E-state index contributed by atoms with van der Waals surface area (Å²) in [6.45, 7) is 0.854. The number of thiophene rings is 1. The van der Waals surface area contributed by atoms with Crippen molar-refractivity contribution >= 4 is 74.1 Å². The molecule has 5 aromatic rings. The summed E-state index contributed by atoms with van der Waals surface area (Å²) in [6.07, 6.45) is 0. The van der Waals surface area contributed by atoms with Crippen LogP contribution in [0.15, 0.2) is 139 Å². The van der Waals surface area contributed by atoms with Crippen LogP contribution in [0.4, 0.5) is 0 Å². The van der Waals surface area contributed by atoms with E-state index >= 15 is 0 Å². The van der Waals surface area contributed by atoms with Gasteiger partial charge >= 0.3 is 229 Å². The molecule has 4 aromatic carbocycles. The average molecular weight is 639 g/mol. The van der Waals surface area contributed by atoms with E-state index in [9.17, 15) is 0 Å². The van der Waals surface area contributed by atoms with Crippen molar-refractivity contribution in [2.75, 3.05) is 0 Å². The van der Waals surface area contributed by atoms with Crippen LogP contribution in [0, 0.1) is 0 Å². The molecule has 0 saturated heterocycles. The summed E-state index contributed by atoms with van der Waals surface area (Å²) in [7, 11) is 0. The quantitative estimate of drug-likeness (QED) is 0.152. The van der Waals surface area contributed by atoms with Gasteiger partial charge in [-0.3, -0.25) is 0 Å². The molecule has 0 aliphatic rings. The molecule has 1 aromatic heterocycles. The van der Waals surface area contributed by atoms with Crippen LogP contribution in [0.2, 0.25) is 0 Å². The minimum absolute atomic E-state index is 0.854. The van der Waals surface area contributed by atoms with E-state index in [2.05, 4.69) is 173 Å². The third-order valence-corrected chi connectivity index (χ3v) is 23.4. The molecule has 0 aliphatic heterocycles. The molecule has 5 rings (SSSR count). The molecule has 0 aliphatic carbocycles. The standard InChI is InChI=1S/C29H25NP2SSe2/c34-31(25-14-5-1-6-15-25,26-16-7-2-8-17-26)30(24-29-22-13-23-33-29)32(35,27-18-9-3-10-19-27)28-20-11-4-12-21-28/h1-23H,24H2. The van der Waals surface area contributed by atoms with Gasteiger partial charge in [-0.2, -0.15) is 0 Å². The Bertz CT molecular complexity index is 1270. The van der Waals surface area contributed by atoms with E-state index in [0.717, 1.165) is 6.54 Å². The molecule has 6 heteroatoms. The van der Waals surface area contributed by atoms with Gasteiger partial charge in [0.15, 0.2) is 0 Å². The molecule has 0 amide bonds. The Morgan fingerprint density at radius 2 is 0.829 bits per heavy atom. The predicted octanol–water partition coefficient (Wildman–Crippen LogP) is 5.88. The summed E-state index contributed by atoms with van der Waals surface area (Å²) in [6, 6.07) is 48.5. The molecule has 0 bridgehead atoms. The number of hydrogen-bond acceptors (Lipinski definition) is 2. The minimum atomic E-state index is -2.14. The van der Waals surface area contributed by atoms with Crippen LogP contribution in [-0.4, -0.2) is 34.6 Å². The van der Waals surface area contributed by atoms with Crippen molar-refractivity contribution in [2.45, 2.75) is 6.54 Å². The summed E-state index contributed by atoms with van der Waals surface area (Å²) in [5, 5.41) is 7.55. The first-order valence-corrected chi connectivity index (χ1v) is 20.2. The van der Waals surface area contributed by atoms with Crippen molar-refractivity contribution in [3.8, 4) is 0 Å². The summed E-state index contributed by atoms with van der Waals surface area (Å²) in [4.78, 5) is 1.36. The fourth-order valence-electron chi connectivity index (χ4n) is 4.27. The Balaban J connectivity index is 1.86. The van der Waals surface area contributed by atoms with E-state index in [1.54, 1.807) is 0 Å². The Morgan fingerprint density at radius 1 is 0.486 bits per heavy atom. The topological polar surface area (TPSA) is 3.24 Å². The van der Waals surface area contributed by atoms with E-state index in [-0.39, 0.29) is 0 Å². The van der Waals surface area contributed by atoms with E-state index in [1.807, 2.05) is 11.3 Å². The van der Waals surface area contributed by atoms with Gasteiger partial charge in [-0.05, 0) is 0 Å². The number of hydrogen-bond donors (Lipinski definition) is 0. The summed E-state index contributed by atoms with van der Waals surface area (Å²) in [5.41, 5.74) is -4.29. The molecule has 1 heterocycles. The number of benzene rings is 4. The molecular formula is C29H25NP2SSe2. The van der Waals surface area contributed by atoms with E-state index in [4.69, 9.17) is 0 Å². The maximum absolute atomic E-state index is 3.83. The Morgan fingerprint density at radius 3 is 1.11 bits per heavy atom. The average Bonchev–Trinajstić information content (AvgIpc) is 3.46. The maximum atomic E-state index is 3.83. The number of rotatable bonds is 8. The van der Waals surface area contributed by atoms with Crippen LogP contribution in [0.1, 0.15) is 4.88 Å². The second-order valence-electron chi connectivity index (χ2n) is 8.10. The van der Waals surface area contributed by atoms with Gasteiger partial charge < -0.3 is 0 Å². The van der Waals surface area contributed by atoms with Gasteiger partial charge in [-0.1, -0.05) is 0 Å². The molecule has 0 N–H and O–H groups in total. The first-order valence-electron chi connectivity index (χ1n) is 11.4. The van der Waals surface area contributed by atoms with Crippen LogP contribution >= 0.6 is 22.7 Å². The molecule has 0 spiro atoms. The fourth-order valence-corrected chi connectivity index (χ4v) is 22.5. The van der Waals surface area contributed by atoms with Crippen molar-refractivity contribution < 1.29 is 0 Å². The number of nitrogens with zero attached hydrogens (tertiary/aromatic N) is 1. The van der Waals surface area contributed by atoms with Crippen LogP contribution in [-0.2, 0) is 6.54 Å². The molecule has 0 atom stereocenters. The Labute approximate surface area is 227 Å². The van der Waals surface area contributed by atoms with Gasteiger partial charge in [0.25, 0.3) is 0 Å². The normalized spacial score (nSPS) is 12.0. The molecule has 1 nitrogen and oxygen atoms in total. The Kier molecular flexibility index (Phi) is 8.05. The van der Waals surface area contributed by atoms with Crippen molar-refractivity contribution in [3.63, 3.8) is 0 Å². The zero-order valence-electron chi connectivity index (χ0n) is 19.1. The zero-order valence-corrected chi connectivity index (χ0v) is 25.1. The van der Waals surface area contributed by atoms with Crippen molar-refractivity contribution in [2.24, 2.45) is 0 Å². The van der Waals surface area contributed by atoms with Crippen LogP contribution in [0.5, 0.6) is 0 Å². The van der Waals surface area contributed by atoms with Crippen LogP contribution < -0.4 is 21.2 Å². The van der Waals surface area contributed by atoms with Gasteiger partial charge in [-0.25, -0.2) is 0 Å². The first-order chi connectivity index (χ1) is 17.1. The Hall–Kier alpha value is -1.56. The third kappa shape index (κ3) is 5.01. The van der Waals surface area contributed by atoms with E-state index in [1.165, 1.54) is 26.1 Å². The SMILES string of the molecule is [Se]=P(c1ccccc1)(c1ccccc1)N(Cc1cccs1)P(=[Se])(c1ccccc1)c1ccccc1. The molecule has 0 radical (unpaired) electrons. The van der Waals surface area contributed by atoms with Gasteiger partial charge in [0, 0.05) is 0 Å². The van der Waals surface area contributed by atoms with Crippen molar-refractivity contribution in [1.29, 1.82) is 0 Å². The molecule has 35 heavy (non-hydrogen) atoms. The van der Waals surface area contributed by atoms with Gasteiger partial charge in [-0.15, -0.1) is 0 Å². The molecule has 0 fully saturated rings. The fraction of sp³-hybridized carbons (Fsp3) is 0.0345. The van der Waals surface area contributed by atoms with E-state index in [0.29, 0.717) is 0 Å². The molecule has 0 unspecified atom stereocenters.